The molecule has 0 radical (unpaired) electrons. The van der Waals surface area contributed by atoms with Crippen molar-refractivity contribution in [3.05, 3.63) is 66.2 Å². The van der Waals surface area contributed by atoms with Gasteiger partial charge in [0.05, 0.1) is 5.52 Å². The third-order valence-corrected chi connectivity index (χ3v) is 3.28. The van der Waals surface area contributed by atoms with Crippen molar-refractivity contribution < 1.29 is 0 Å². The highest BCUT2D eigenvalue weighted by Crippen LogP contribution is 2.17. The number of rotatable bonds is 4. The van der Waals surface area contributed by atoms with Crippen LogP contribution in [0.2, 0.25) is 0 Å². The smallest absolute Gasteiger partial charge is 0.126 e. The maximum absolute atomic E-state index is 5.76. The largest absolute Gasteiger partial charge is 0.399 e. The Balaban J connectivity index is 1.67. The number of nitrogens with zero attached hydrogens (tertiary/aromatic N) is 1. The van der Waals surface area contributed by atoms with E-state index in [0.717, 1.165) is 35.4 Å². The van der Waals surface area contributed by atoms with E-state index in [1.807, 2.05) is 36.4 Å². The number of anilines is 2. The number of aromatic nitrogens is 1. The Morgan fingerprint density at radius 3 is 2.65 bits per heavy atom. The molecule has 2 aromatic carbocycles. The van der Waals surface area contributed by atoms with Crippen LogP contribution in [0.3, 0.4) is 0 Å². The number of pyridine rings is 1. The first-order valence-corrected chi connectivity index (χ1v) is 6.75. The highest BCUT2D eigenvalue weighted by molar-refractivity contribution is 5.83. The van der Waals surface area contributed by atoms with Gasteiger partial charge in [-0.3, -0.25) is 0 Å². The summed E-state index contributed by atoms with van der Waals surface area (Å²) in [5, 5.41) is 4.43. The van der Waals surface area contributed by atoms with Crippen molar-refractivity contribution in [1.82, 2.24) is 4.98 Å². The summed E-state index contributed by atoms with van der Waals surface area (Å²) in [6.45, 7) is 0.873. The SMILES string of the molecule is Nc1ccc2nc(NCCc3ccccc3)ccc2c1. The van der Waals surface area contributed by atoms with Crippen LogP contribution in [0, 0.1) is 0 Å². The highest BCUT2D eigenvalue weighted by Gasteiger charge is 1.99. The van der Waals surface area contributed by atoms with E-state index in [9.17, 15) is 0 Å². The van der Waals surface area contributed by atoms with E-state index < -0.39 is 0 Å². The van der Waals surface area contributed by atoms with Crippen molar-refractivity contribution in [2.75, 3.05) is 17.6 Å². The van der Waals surface area contributed by atoms with Crippen LogP contribution in [0.1, 0.15) is 5.56 Å². The number of hydrogen-bond acceptors (Lipinski definition) is 3. The van der Waals surface area contributed by atoms with Crippen LogP contribution >= 0.6 is 0 Å². The minimum absolute atomic E-state index is 0.768. The molecule has 3 rings (SSSR count). The second kappa shape index (κ2) is 5.61. The fourth-order valence-electron chi connectivity index (χ4n) is 2.22. The predicted molar refractivity (Wildman–Crippen MR) is 84.8 cm³/mol. The molecule has 0 aliphatic heterocycles. The van der Waals surface area contributed by atoms with E-state index in [2.05, 4.69) is 34.6 Å². The molecule has 100 valence electrons. The number of nitrogens with one attached hydrogen (secondary N) is 1. The van der Waals surface area contributed by atoms with Crippen LogP contribution in [0.15, 0.2) is 60.7 Å². The minimum Gasteiger partial charge on any atom is -0.399 e. The molecule has 1 aromatic heterocycles. The Morgan fingerprint density at radius 2 is 1.80 bits per heavy atom. The molecule has 0 aliphatic carbocycles. The molecule has 1 heterocycles. The molecule has 3 N–H and O–H groups in total. The van der Waals surface area contributed by atoms with Gasteiger partial charge in [-0.05, 0) is 42.3 Å². The molecule has 3 aromatic rings. The third-order valence-electron chi connectivity index (χ3n) is 3.28. The summed E-state index contributed by atoms with van der Waals surface area (Å²) in [6.07, 6.45) is 0.988. The molecular formula is C17H17N3. The lowest BCUT2D eigenvalue weighted by atomic mass is 10.1. The first kappa shape index (κ1) is 12.5. The summed E-state index contributed by atoms with van der Waals surface area (Å²) in [5.41, 5.74) is 8.82. The first-order chi connectivity index (χ1) is 9.81. The van der Waals surface area contributed by atoms with Crippen LogP contribution < -0.4 is 11.1 Å². The zero-order valence-corrected chi connectivity index (χ0v) is 11.2. The Kier molecular flexibility index (Phi) is 3.50. The second-order valence-corrected chi connectivity index (χ2v) is 4.81. The van der Waals surface area contributed by atoms with Crippen molar-refractivity contribution in [2.45, 2.75) is 6.42 Å². The van der Waals surface area contributed by atoms with Gasteiger partial charge in [-0.25, -0.2) is 4.98 Å². The lowest BCUT2D eigenvalue weighted by Crippen LogP contribution is -2.06. The van der Waals surface area contributed by atoms with Gasteiger partial charge in [0.25, 0.3) is 0 Å². The second-order valence-electron chi connectivity index (χ2n) is 4.81. The van der Waals surface area contributed by atoms with Crippen LogP contribution in [0.25, 0.3) is 10.9 Å². The van der Waals surface area contributed by atoms with E-state index >= 15 is 0 Å². The molecule has 20 heavy (non-hydrogen) atoms. The van der Waals surface area contributed by atoms with Gasteiger partial charge in [-0.1, -0.05) is 30.3 Å². The maximum atomic E-state index is 5.76. The third kappa shape index (κ3) is 2.88. The zero-order valence-electron chi connectivity index (χ0n) is 11.2. The van der Waals surface area contributed by atoms with Crippen molar-refractivity contribution in [3.8, 4) is 0 Å². The Labute approximate surface area is 118 Å². The Bertz CT molecular complexity index is 708. The van der Waals surface area contributed by atoms with E-state index in [1.165, 1.54) is 5.56 Å². The van der Waals surface area contributed by atoms with Gasteiger partial charge < -0.3 is 11.1 Å². The summed E-state index contributed by atoms with van der Waals surface area (Å²) in [4.78, 5) is 4.58. The average molecular weight is 263 g/mol. The van der Waals surface area contributed by atoms with Gasteiger partial charge >= 0.3 is 0 Å². The number of nitrogens with two attached hydrogens (primary N) is 1. The van der Waals surface area contributed by atoms with E-state index in [1.54, 1.807) is 0 Å². The van der Waals surface area contributed by atoms with Crippen molar-refractivity contribution in [2.24, 2.45) is 0 Å². The first-order valence-electron chi connectivity index (χ1n) is 6.75. The molecule has 0 saturated heterocycles. The molecule has 0 bridgehead atoms. The van der Waals surface area contributed by atoms with E-state index in [0.29, 0.717) is 0 Å². The van der Waals surface area contributed by atoms with Gasteiger partial charge in [0.1, 0.15) is 5.82 Å². The summed E-state index contributed by atoms with van der Waals surface area (Å²) in [7, 11) is 0. The lowest BCUT2D eigenvalue weighted by Gasteiger charge is -2.07. The molecule has 0 atom stereocenters. The number of fused-ring (bicyclic) bond motifs is 1. The number of benzene rings is 2. The molecule has 3 nitrogen and oxygen atoms in total. The van der Waals surface area contributed by atoms with Gasteiger partial charge in [0, 0.05) is 17.6 Å². The standard InChI is InChI=1S/C17H17N3/c18-15-7-8-16-14(12-15)6-9-17(20-16)19-11-10-13-4-2-1-3-5-13/h1-9,12H,10-11,18H2,(H,19,20). The summed E-state index contributed by atoms with van der Waals surface area (Å²) in [6, 6.07) is 20.2. The highest BCUT2D eigenvalue weighted by atomic mass is 15.0. The quantitative estimate of drug-likeness (QED) is 0.709. The van der Waals surface area contributed by atoms with Crippen LogP contribution in [0.4, 0.5) is 11.5 Å². The van der Waals surface area contributed by atoms with Crippen molar-refractivity contribution in [1.29, 1.82) is 0 Å². The number of nitrogen functional groups attached to an aromatic ring is 1. The molecule has 0 aliphatic rings. The minimum atomic E-state index is 0.768. The lowest BCUT2D eigenvalue weighted by molar-refractivity contribution is 1.01. The zero-order chi connectivity index (χ0) is 13.8. The molecule has 0 fully saturated rings. The molecule has 0 unspecified atom stereocenters. The van der Waals surface area contributed by atoms with Gasteiger partial charge in [-0.15, -0.1) is 0 Å². The fraction of sp³-hybridized carbons (Fsp3) is 0.118. The fourth-order valence-corrected chi connectivity index (χ4v) is 2.22. The maximum Gasteiger partial charge on any atom is 0.126 e. The van der Waals surface area contributed by atoms with Crippen LogP contribution in [0.5, 0.6) is 0 Å². The molecular weight excluding hydrogens is 246 g/mol. The van der Waals surface area contributed by atoms with Gasteiger partial charge in [0.2, 0.25) is 0 Å². The topological polar surface area (TPSA) is 50.9 Å². The molecule has 0 amide bonds. The normalized spacial score (nSPS) is 10.6. The molecule has 0 saturated carbocycles. The Hall–Kier alpha value is -2.55. The van der Waals surface area contributed by atoms with Crippen molar-refractivity contribution >= 4 is 22.4 Å². The Morgan fingerprint density at radius 1 is 0.950 bits per heavy atom. The monoisotopic (exact) mass is 263 g/mol. The van der Waals surface area contributed by atoms with E-state index in [-0.39, 0.29) is 0 Å². The van der Waals surface area contributed by atoms with Crippen LogP contribution in [-0.4, -0.2) is 11.5 Å². The van der Waals surface area contributed by atoms with Gasteiger partial charge in [-0.2, -0.15) is 0 Å². The van der Waals surface area contributed by atoms with Crippen LogP contribution in [-0.2, 0) is 6.42 Å². The predicted octanol–water partition coefficient (Wildman–Crippen LogP) is 3.47. The average Bonchev–Trinajstić information content (AvgIpc) is 2.48. The molecule has 3 heteroatoms. The van der Waals surface area contributed by atoms with Gasteiger partial charge in [0.15, 0.2) is 0 Å². The van der Waals surface area contributed by atoms with Crippen molar-refractivity contribution in [3.63, 3.8) is 0 Å². The number of hydrogen-bond donors (Lipinski definition) is 2. The summed E-state index contributed by atoms with van der Waals surface area (Å²) in [5.74, 6) is 0.901. The summed E-state index contributed by atoms with van der Waals surface area (Å²) < 4.78 is 0. The van der Waals surface area contributed by atoms with E-state index in [4.69, 9.17) is 5.73 Å². The summed E-state index contributed by atoms with van der Waals surface area (Å²) >= 11 is 0. The molecule has 0 spiro atoms.